The number of aromatic nitrogens is 1. The van der Waals surface area contributed by atoms with Gasteiger partial charge in [-0.3, -0.25) is 4.79 Å². The van der Waals surface area contributed by atoms with Gasteiger partial charge in [0, 0.05) is 19.2 Å². The van der Waals surface area contributed by atoms with Crippen LogP contribution in [0.3, 0.4) is 0 Å². The van der Waals surface area contributed by atoms with Gasteiger partial charge in [-0.2, -0.15) is 0 Å². The number of carbonyl (C=O) groups is 2. The number of aliphatic hydroxyl groups is 1. The summed E-state index contributed by atoms with van der Waals surface area (Å²) in [5, 5.41) is 19.9. The Morgan fingerprint density at radius 3 is 2.53 bits per heavy atom. The van der Waals surface area contributed by atoms with Crippen LogP contribution in [0.25, 0.3) is 0 Å². The van der Waals surface area contributed by atoms with Crippen LogP contribution in [0.1, 0.15) is 16.9 Å². The third-order valence-electron chi connectivity index (χ3n) is 2.12. The quantitative estimate of drug-likeness (QED) is 0.763. The molecule has 9 heteroatoms. The lowest BCUT2D eigenvalue weighted by molar-refractivity contribution is -0.146. The number of carboxylic acid groups (broad SMARTS) is 1. The minimum absolute atomic E-state index is 0.00838. The van der Waals surface area contributed by atoms with E-state index >= 15 is 0 Å². The summed E-state index contributed by atoms with van der Waals surface area (Å²) in [6.45, 7) is -0.0510. The van der Waals surface area contributed by atoms with Gasteiger partial charge in [0.25, 0.3) is 5.91 Å². The summed E-state index contributed by atoms with van der Waals surface area (Å²) in [6.07, 6.45) is -0.505. The van der Waals surface area contributed by atoms with Crippen LogP contribution in [0.2, 0.25) is 15.1 Å². The minimum atomic E-state index is -1.54. The highest BCUT2D eigenvalue weighted by Gasteiger charge is 2.18. The van der Waals surface area contributed by atoms with E-state index in [4.69, 9.17) is 45.0 Å². The van der Waals surface area contributed by atoms with E-state index in [0.717, 1.165) is 0 Å². The number of amides is 1. The largest absolute Gasteiger partial charge is 0.479 e. The molecule has 1 heterocycles. The van der Waals surface area contributed by atoms with Gasteiger partial charge in [0.1, 0.15) is 5.69 Å². The second-order valence-corrected chi connectivity index (χ2v) is 4.64. The summed E-state index contributed by atoms with van der Waals surface area (Å²) in [6, 6.07) is 0. The van der Waals surface area contributed by atoms with Crippen LogP contribution in [0.4, 0.5) is 0 Å². The molecule has 1 amide bonds. The number of halogens is 3. The first kappa shape index (κ1) is 16.0. The summed E-state index contributed by atoms with van der Waals surface area (Å²) in [7, 11) is 0. The molecule has 0 aliphatic heterocycles. The van der Waals surface area contributed by atoms with Gasteiger partial charge in [-0.25, -0.2) is 9.78 Å². The summed E-state index contributed by atoms with van der Waals surface area (Å²) < 4.78 is 0. The van der Waals surface area contributed by atoms with Gasteiger partial charge in [0.2, 0.25) is 0 Å². The van der Waals surface area contributed by atoms with Crippen molar-refractivity contribution in [1.29, 1.82) is 0 Å². The van der Waals surface area contributed by atoms with Crippen LogP contribution in [0.15, 0.2) is 6.20 Å². The van der Waals surface area contributed by atoms with Gasteiger partial charge in [0.05, 0.1) is 15.1 Å². The Morgan fingerprint density at radius 1 is 1.32 bits per heavy atom. The molecule has 104 valence electrons. The van der Waals surface area contributed by atoms with E-state index in [9.17, 15) is 9.59 Å². The lowest BCUT2D eigenvalue weighted by Gasteiger charge is -2.08. The maximum atomic E-state index is 11.7. The van der Waals surface area contributed by atoms with E-state index in [2.05, 4.69) is 10.3 Å². The minimum Gasteiger partial charge on any atom is -0.479 e. The molecule has 1 aromatic rings. The van der Waals surface area contributed by atoms with Crippen LogP contribution >= 0.6 is 34.8 Å². The first-order chi connectivity index (χ1) is 8.84. The van der Waals surface area contributed by atoms with Crippen LogP contribution in [0, 0.1) is 0 Å². The Labute approximate surface area is 123 Å². The van der Waals surface area contributed by atoms with Gasteiger partial charge in [0.15, 0.2) is 6.10 Å². The SMILES string of the molecule is O=C(NCC[C@H](O)C(=O)O)c1ncc(Cl)c(Cl)c1Cl. The average Bonchev–Trinajstić information content (AvgIpc) is 2.35. The smallest absolute Gasteiger partial charge is 0.332 e. The first-order valence-electron chi connectivity index (χ1n) is 5.03. The summed E-state index contributed by atoms with van der Waals surface area (Å²) in [5.74, 6) is -2.00. The maximum absolute atomic E-state index is 11.7. The van der Waals surface area contributed by atoms with Gasteiger partial charge in [-0.1, -0.05) is 34.8 Å². The highest BCUT2D eigenvalue weighted by Crippen LogP contribution is 2.30. The Bertz CT molecular complexity index is 510. The van der Waals surface area contributed by atoms with Crippen LogP contribution < -0.4 is 5.32 Å². The highest BCUT2D eigenvalue weighted by molar-refractivity contribution is 6.48. The number of nitrogens with one attached hydrogen (secondary N) is 1. The predicted octanol–water partition coefficient (Wildman–Crippen LogP) is 1.61. The fraction of sp³-hybridized carbons (Fsp3) is 0.300. The molecule has 1 aromatic heterocycles. The standard InChI is InChI=1S/C10H9Cl3N2O4/c11-4-3-15-8(7(13)6(4)12)9(17)14-2-1-5(16)10(18)19/h3,5,16H,1-2H2,(H,14,17)(H,18,19)/t5-/m0/s1. The highest BCUT2D eigenvalue weighted by atomic mass is 35.5. The lowest BCUT2D eigenvalue weighted by Crippen LogP contribution is -2.30. The monoisotopic (exact) mass is 326 g/mol. The molecule has 0 fully saturated rings. The molecular weight excluding hydrogens is 318 g/mol. The van der Waals surface area contributed by atoms with Gasteiger partial charge in [-0.05, 0) is 0 Å². The second kappa shape index (κ2) is 6.91. The molecule has 3 N–H and O–H groups in total. The number of hydrogen-bond donors (Lipinski definition) is 3. The van der Waals surface area contributed by atoms with Crippen molar-refractivity contribution in [3.8, 4) is 0 Å². The number of carbonyl (C=O) groups excluding carboxylic acids is 1. The Balaban J connectivity index is 2.65. The van der Waals surface area contributed by atoms with Crippen molar-refractivity contribution in [3.63, 3.8) is 0 Å². The molecule has 0 aromatic carbocycles. The van der Waals surface area contributed by atoms with E-state index in [-0.39, 0.29) is 33.7 Å². The van der Waals surface area contributed by atoms with Crippen molar-refractivity contribution in [2.45, 2.75) is 12.5 Å². The number of hydrogen-bond acceptors (Lipinski definition) is 4. The molecule has 0 radical (unpaired) electrons. The zero-order valence-electron chi connectivity index (χ0n) is 9.36. The van der Waals surface area contributed by atoms with E-state index in [1.54, 1.807) is 0 Å². The fourth-order valence-corrected chi connectivity index (χ4v) is 1.70. The Hall–Kier alpha value is -1.08. The van der Waals surface area contributed by atoms with Gasteiger partial charge >= 0.3 is 5.97 Å². The zero-order valence-corrected chi connectivity index (χ0v) is 11.6. The topological polar surface area (TPSA) is 99.5 Å². The van der Waals surface area contributed by atoms with Crippen molar-refractivity contribution in [1.82, 2.24) is 10.3 Å². The zero-order chi connectivity index (χ0) is 14.6. The molecular formula is C10H9Cl3N2O4. The Morgan fingerprint density at radius 2 is 1.95 bits per heavy atom. The van der Waals surface area contributed by atoms with Crippen LogP contribution in [-0.4, -0.2) is 39.7 Å². The molecule has 0 saturated carbocycles. The first-order valence-corrected chi connectivity index (χ1v) is 6.16. The molecule has 1 atom stereocenters. The molecule has 1 rings (SSSR count). The summed E-state index contributed by atoms with van der Waals surface area (Å²) in [4.78, 5) is 25.8. The van der Waals surface area contributed by atoms with Crippen molar-refractivity contribution >= 4 is 46.7 Å². The van der Waals surface area contributed by atoms with Crippen LogP contribution in [-0.2, 0) is 4.79 Å². The molecule has 6 nitrogen and oxygen atoms in total. The van der Waals surface area contributed by atoms with Crippen molar-refractivity contribution in [3.05, 3.63) is 27.0 Å². The van der Waals surface area contributed by atoms with Gasteiger partial charge < -0.3 is 15.5 Å². The average molecular weight is 328 g/mol. The molecule has 0 unspecified atom stereocenters. The summed E-state index contributed by atoms with van der Waals surface area (Å²) >= 11 is 17.2. The molecule has 0 saturated heterocycles. The third kappa shape index (κ3) is 4.21. The fourth-order valence-electron chi connectivity index (χ4n) is 1.13. The van der Waals surface area contributed by atoms with E-state index in [1.165, 1.54) is 6.20 Å². The van der Waals surface area contributed by atoms with Gasteiger partial charge in [-0.15, -0.1) is 0 Å². The molecule has 0 bridgehead atoms. The van der Waals surface area contributed by atoms with Crippen molar-refractivity contribution < 1.29 is 19.8 Å². The van der Waals surface area contributed by atoms with E-state index < -0.39 is 18.0 Å². The second-order valence-electron chi connectivity index (χ2n) is 3.48. The third-order valence-corrected chi connectivity index (χ3v) is 3.36. The number of pyridine rings is 1. The van der Waals surface area contributed by atoms with E-state index in [1.807, 2.05) is 0 Å². The normalized spacial score (nSPS) is 12.0. The number of nitrogens with zero attached hydrogens (tertiary/aromatic N) is 1. The van der Waals surface area contributed by atoms with E-state index in [0.29, 0.717) is 0 Å². The molecule has 0 aliphatic carbocycles. The molecule has 0 aliphatic rings. The lowest BCUT2D eigenvalue weighted by atomic mass is 10.2. The molecule has 19 heavy (non-hydrogen) atoms. The van der Waals surface area contributed by atoms with Crippen LogP contribution in [0.5, 0.6) is 0 Å². The maximum Gasteiger partial charge on any atom is 0.332 e. The number of aliphatic carboxylic acids is 1. The summed E-state index contributed by atoms with van der Waals surface area (Å²) in [5.41, 5.74) is -0.124. The number of rotatable bonds is 5. The van der Waals surface area contributed by atoms with Crippen molar-refractivity contribution in [2.24, 2.45) is 0 Å². The molecule has 0 spiro atoms. The Kier molecular flexibility index (Phi) is 5.81. The van der Waals surface area contributed by atoms with Crippen molar-refractivity contribution in [2.75, 3.05) is 6.54 Å². The number of carboxylic acids is 1. The number of aliphatic hydroxyl groups excluding tert-OH is 1. The predicted molar refractivity (Wildman–Crippen MR) is 69.9 cm³/mol.